The molecule has 0 aliphatic carbocycles. The minimum atomic E-state index is -2.14. The zero-order valence-electron chi connectivity index (χ0n) is 19.7. The van der Waals surface area contributed by atoms with Crippen molar-refractivity contribution in [3.05, 3.63) is 36.9 Å². The maximum Gasteiger partial charge on any atom is 0.585 e. The summed E-state index contributed by atoms with van der Waals surface area (Å²) in [7, 11) is -2.14. The third kappa shape index (κ3) is 7.10. The Hall–Kier alpha value is -3.30. The highest BCUT2D eigenvalue weighted by atomic mass is 31.1. The van der Waals surface area contributed by atoms with E-state index in [1.165, 1.54) is 6.33 Å². The molecule has 34 heavy (non-hydrogen) atoms. The minimum absolute atomic E-state index is 0.0924. The van der Waals surface area contributed by atoms with E-state index in [-0.39, 0.29) is 37.0 Å². The van der Waals surface area contributed by atoms with Gasteiger partial charge in [0.25, 0.3) is 6.35 Å². The number of nitrogen functional groups attached to an aromatic ring is 1. The first-order valence-corrected chi connectivity index (χ1v) is 12.3. The molecule has 3 aromatic rings. The molecular formula is C22H30N6O5P+. The van der Waals surface area contributed by atoms with Gasteiger partial charge in [-0.25, -0.2) is 15.0 Å². The molecule has 0 spiro atoms. The number of nitrogens with two attached hydrogens (primary N) is 1. The number of benzene rings is 1. The zero-order chi connectivity index (χ0) is 24.7. The van der Waals surface area contributed by atoms with Gasteiger partial charge in [-0.3, -0.25) is 9.32 Å². The molecule has 0 bridgehead atoms. The Morgan fingerprint density at radius 2 is 1.94 bits per heavy atom. The summed E-state index contributed by atoms with van der Waals surface area (Å²) in [6, 6.07) is 6.91. The number of hydrogen-bond donors (Lipinski definition) is 2. The average molecular weight is 489 g/mol. The van der Waals surface area contributed by atoms with Crippen molar-refractivity contribution in [2.45, 2.75) is 58.9 Å². The van der Waals surface area contributed by atoms with Crippen molar-refractivity contribution in [2.75, 3.05) is 17.4 Å². The van der Waals surface area contributed by atoms with E-state index >= 15 is 0 Å². The maximum atomic E-state index is 12.6. The monoisotopic (exact) mass is 489 g/mol. The maximum absolute atomic E-state index is 12.6. The van der Waals surface area contributed by atoms with Crippen LogP contribution in [0.2, 0.25) is 0 Å². The lowest BCUT2D eigenvalue weighted by molar-refractivity contribution is -0.147. The standard InChI is InChI=1S/C22H30N6O5P/c1-14(2)32-19(29)9-15(3)27-17-7-5-6-8-18(17)33-34(30)13-31-16(4)10-28-12-26-20-21(23)24-11-25-22(20)28/h5-8,11-12,14-16,27H,9-10,13H2,1-4H3,(H2,23,24,25)/q+1. The zero-order valence-corrected chi connectivity index (χ0v) is 20.6. The lowest BCUT2D eigenvalue weighted by atomic mass is 10.2. The van der Waals surface area contributed by atoms with Crippen LogP contribution in [-0.4, -0.2) is 50.1 Å². The van der Waals surface area contributed by atoms with Gasteiger partial charge in [-0.15, -0.1) is 0 Å². The summed E-state index contributed by atoms with van der Waals surface area (Å²) in [4.78, 5) is 24.3. The second kappa shape index (κ2) is 11.7. The predicted octanol–water partition coefficient (Wildman–Crippen LogP) is 3.73. The topological polar surface area (TPSA) is 143 Å². The van der Waals surface area contributed by atoms with E-state index in [1.807, 2.05) is 19.9 Å². The first kappa shape index (κ1) is 25.3. The summed E-state index contributed by atoms with van der Waals surface area (Å²) in [6.07, 6.45) is 2.65. The molecule has 12 heteroatoms. The molecule has 0 radical (unpaired) electrons. The van der Waals surface area contributed by atoms with Crippen LogP contribution in [0, 0.1) is 0 Å². The summed E-state index contributed by atoms with van der Waals surface area (Å²) < 4.78 is 30.9. The lowest BCUT2D eigenvalue weighted by Crippen LogP contribution is -2.23. The predicted molar refractivity (Wildman–Crippen MR) is 129 cm³/mol. The fourth-order valence-electron chi connectivity index (χ4n) is 3.23. The molecule has 0 aliphatic heterocycles. The number of imidazole rings is 1. The van der Waals surface area contributed by atoms with Crippen LogP contribution in [0.5, 0.6) is 5.75 Å². The number of aromatic nitrogens is 4. The van der Waals surface area contributed by atoms with Crippen molar-refractivity contribution in [3.8, 4) is 5.75 Å². The number of carbonyl (C=O) groups excluding carboxylic acids is 1. The number of fused-ring (bicyclic) bond motifs is 1. The molecular weight excluding hydrogens is 459 g/mol. The average Bonchev–Trinajstić information content (AvgIpc) is 3.17. The first-order valence-electron chi connectivity index (χ1n) is 10.9. The highest BCUT2D eigenvalue weighted by molar-refractivity contribution is 7.39. The molecule has 0 fully saturated rings. The minimum Gasteiger partial charge on any atom is -0.463 e. The summed E-state index contributed by atoms with van der Waals surface area (Å²) in [5.41, 5.74) is 7.58. The van der Waals surface area contributed by atoms with Crippen LogP contribution in [0.25, 0.3) is 11.2 Å². The highest BCUT2D eigenvalue weighted by Gasteiger charge is 2.24. The van der Waals surface area contributed by atoms with Crippen LogP contribution >= 0.6 is 8.03 Å². The van der Waals surface area contributed by atoms with Crippen molar-refractivity contribution in [1.29, 1.82) is 0 Å². The first-order chi connectivity index (χ1) is 16.2. The molecule has 3 rings (SSSR count). The molecule has 3 atom stereocenters. The summed E-state index contributed by atoms with van der Waals surface area (Å²) >= 11 is 0. The highest BCUT2D eigenvalue weighted by Crippen LogP contribution is 2.34. The molecule has 0 saturated heterocycles. The van der Waals surface area contributed by atoms with Crippen molar-refractivity contribution >= 4 is 36.7 Å². The molecule has 3 unspecified atom stereocenters. The number of carbonyl (C=O) groups is 1. The summed E-state index contributed by atoms with van der Waals surface area (Å²) in [5.74, 6) is 0.436. The third-order valence-electron chi connectivity index (χ3n) is 4.68. The Kier molecular flexibility index (Phi) is 8.72. The van der Waals surface area contributed by atoms with Crippen LogP contribution < -0.4 is 15.6 Å². The second-order valence-electron chi connectivity index (χ2n) is 8.14. The van der Waals surface area contributed by atoms with Gasteiger partial charge in [0, 0.05) is 6.04 Å². The van der Waals surface area contributed by atoms with E-state index in [0.717, 1.165) is 0 Å². The van der Waals surface area contributed by atoms with Crippen molar-refractivity contribution in [3.63, 3.8) is 0 Å². The van der Waals surface area contributed by atoms with Gasteiger partial charge < -0.3 is 25.1 Å². The Morgan fingerprint density at radius 3 is 2.71 bits per heavy atom. The fourth-order valence-corrected chi connectivity index (χ4v) is 4.04. The van der Waals surface area contributed by atoms with E-state index < -0.39 is 8.03 Å². The van der Waals surface area contributed by atoms with E-state index in [4.69, 9.17) is 19.7 Å². The van der Waals surface area contributed by atoms with Crippen LogP contribution in [0.4, 0.5) is 11.5 Å². The molecule has 1 aromatic carbocycles. The van der Waals surface area contributed by atoms with E-state index in [0.29, 0.717) is 35.0 Å². The molecule has 11 nitrogen and oxygen atoms in total. The Bertz CT molecular complexity index is 1140. The molecule has 0 aliphatic rings. The normalized spacial score (nSPS) is 13.5. The molecule has 3 N–H and O–H groups in total. The molecule has 182 valence electrons. The van der Waals surface area contributed by atoms with Crippen LogP contribution in [0.1, 0.15) is 34.1 Å². The lowest BCUT2D eigenvalue weighted by Gasteiger charge is -2.16. The van der Waals surface area contributed by atoms with Crippen molar-refractivity contribution in [2.24, 2.45) is 0 Å². The molecule has 2 heterocycles. The number of rotatable bonds is 12. The van der Waals surface area contributed by atoms with E-state index in [9.17, 15) is 9.36 Å². The number of esters is 1. The molecule has 0 saturated carbocycles. The van der Waals surface area contributed by atoms with Crippen LogP contribution in [-0.2, 0) is 25.4 Å². The van der Waals surface area contributed by atoms with Gasteiger partial charge in [-0.2, -0.15) is 0 Å². The quantitative estimate of drug-likeness (QED) is 0.285. The summed E-state index contributed by atoms with van der Waals surface area (Å²) in [5, 5.41) is 3.21. The number of ether oxygens (including phenoxy) is 2. The Balaban J connectivity index is 1.51. The van der Waals surface area contributed by atoms with Gasteiger partial charge >= 0.3 is 14.0 Å². The van der Waals surface area contributed by atoms with Gasteiger partial charge in [0.15, 0.2) is 11.5 Å². The number of nitrogens with zero attached hydrogens (tertiary/aromatic N) is 4. The van der Waals surface area contributed by atoms with Gasteiger partial charge in [0.05, 0.1) is 37.2 Å². The molecule has 0 amide bonds. The smallest absolute Gasteiger partial charge is 0.463 e. The summed E-state index contributed by atoms with van der Waals surface area (Å²) in [6.45, 7) is 7.77. The second-order valence-corrected chi connectivity index (χ2v) is 9.25. The van der Waals surface area contributed by atoms with Crippen LogP contribution in [0.3, 0.4) is 0 Å². The Morgan fingerprint density at radius 1 is 1.18 bits per heavy atom. The van der Waals surface area contributed by atoms with Gasteiger partial charge in [0.2, 0.25) is 5.75 Å². The fraction of sp³-hybridized carbons (Fsp3) is 0.455. The molecule has 2 aromatic heterocycles. The van der Waals surface area contributed by atoms with Gasteiger partial charge in [-0.05, 0) is 44.4 Å². The largest absolute Gasteiger partial charge is 0.585 e. The number of anilines is 2. The van der Waals surface area contributed by atoms with Gasteiger partial charge in [-0.1, -0.05) is 12.1 Å². The SMILES string of the molecule is CC(CC(=O)OC(C)C)Nc1ccccc1O[P+](=O)COC(C)Cn1cnc2c(N)ncnc21. The number of nitrogens with one attached hydrogen (secondary N) is 1. The van der Waals surface area contributed by atoms with Crippen molar-refractivity contribution < 1.29 is 23.4 Å². The third-order valence-corrected chi connectivity index (χ3v) is 5.44. The van der Waals surface area contributed by atoms with Crippen molar-refractivity contribution in [1.82, 2.24) is 19.5 Å². The Labute approximate surface area is 198 Å². The number of hydrogen-bond acceptors (Lipinski definition) is 10. The van der Waals surface area contributed by atoms with Gasteiger partial charge in [0.1, 0.15) is 11.8 Å². The van der Waals surface area contributed by atoms with E-state index in [1.54, 1.807) is 42.9 Å². The van der Waals surface area contributed by atoms with Crippen LogP contribution in [0.15, 0.2) is 36.9 Å². The number of para-hydroxylation sites is 2. The van der Waals surface area contributed by atoms with E-state index in [2.05, 4.69) is 20.3 Å².